The highest BCUT2D eigenvalue weighted by Gasteiger charge is 2.26. The first-order valence-corrected chi connectivity index (χ1v) is 12.0. The lowest BCUT2D eigenvalue weighted by Crippen LogP contribution is -2.28. The van der Waals surface area contributed by atoms with Crippen molar-refractivity contribution in [1.29, 1.82) is 0 Å². The average molecular weight is 487 g/mol. The number of amides is 1. The molecule has 180 valence electrons. The first-order valence-electron chi connectivity index (χ1n) is 10.5. The number of carboxylic acids is 1. The summed E-state index contributed by atoms with van der Waals surface area (Å²) in [5, 5.41) is 16.3. The van der Waals surface area contributed by atoms with Crippen molar-refractivity contribution in [2.24, 2.45) is 5.92 Å². The Kier molecular flexibility index (Phi) is 7.38. The maximum atomic E-state index is 13.1. The maximum absolute atomic E-state index is 13.1. The van der Waals surface area contributed by atoms with Crippen LogP contribution in [0.25, 0.3) is 5.69 Å². The average Bonchev–Trinajstić information content (AvgIpc) is 3.10. The second-order valence-electron chi connectivity index (χ2n) is 8.02. The quantitative estimate of drug-likeness (QED) is 0.420. The molecule has 10 nitrogen and oxygen atoms in total. The third kappa shape index (κ3) is 5.61. The van der Waals surface area contributed by atoms with Crippen LogP contribution in [0.1, 0.15) is 36.8 Å². The number of nitrogens with zero attached hydrogens (tertiary/aromatic N) is 2. The first-order chi connectivity index (χ1) is 16.0. The number of carboxylic acid groups (broad SMARTS) is 1. The van der Waals surface area contributed by atoms with Gasteiger partial charge in [-0.3, -0.25) is 4.79 Å². The zero-order valence-corrected chi connectivity index (χ0v) is 20.0. The van der Waals surface area contributed by atoms with Crippen molar-refractivity contribution < 1.29 is 27.9 Å². The summed E-state index contributed by atoms with van der Waals surface area (Å²) in [6.45, 7) is 6.76. The van der Waals surface area contributed by atoms with Crippen LogP contribution >= 0.6 is 0 Å². The van der Waals surface area contributed by atoms with Gasteiger partial charge in [0.1, 0.15) is 10.6 Å². The van der Waals surface area contributed by atoms with Gasteiger partial charge in [-0.2, -0.15) is 9.78 Å². The lowest BCUT2D eigenvalue weighted by atomic mass is 10.2. The third-order valence-corrected chi connectivity index (χ3v) is 6.16. The van der Waals surface area contributed by atoms with Gasteiger partial charge < -0.3 is 15.2 Å². The normalized spacial score (nSPS) is 11.4. The van der Waals surface area contributed by atoms with Gasteiger partial charge in [-0.05, 0) is 43.2 Å². The molecule has 1 amide bonds. The number of anilines is 1. The van der Waals surface area contributed by atoms with Crippen LogP contribution in [0.4, 0.5) is 5.69 Å². The highest BCUT2D eigenvalue weighted by atomic mass is 32.2. The van der Waals surface area contributed by atoms with Crippen molar-refractivity contribution in [3.05, 3.63) is 59.8 Å². The van der Waals surface area contributed by atoms with E-state index in [1.54, 1.807) is 30.3 Å². The number of rotatable bonds is 9. The molecule has 0 aliphatic carbocycles. The number of nitrogens with one attached hydrogen (secondary N) is 2. The molecular weight excluding hydrogens is 460 g/mol. The molecule has 2 aromatic carbocycles. The molecule has 0 atom stereocenters. The van der Waals surface area contributed by atoms with E-state index in [0.717, 1.165) is 0 Å². The Labute approximate surface area is 197 Å². The van der Waals surface area contributed by atoms with Gasteiger partial charge in [0, 0.05) is 24.7 Å². The number of carbonyl (C=O) groups excluding carboxylic acids is 1. The van der Waals surface area contributed by atoms with Crippen molar-refractivity contribution in [3.8, 4) is 17.3 Å². The van der Waals surface area contributed by atoms with E-state index in [4.69, 9.17) is 4.74 Å². The van der Waals surface area contributed by atoms with Gasteiger partial charge in [-0.25, -0.2) is 17.9 Å². The van der Waals surface area contributed by atoms with Gasteiger partial charge in [0.25, 0.3) is 0 Å². The van der Waals surface area contributed by atoms with Crippen LogP contribution in [-0.4, -0.2) is 41.7 Å². The Bertz CT molecular complexity index is 1320. The second kappa shape index (κ2) is 10.1. The van der Waals surface area contributed by atoms with E-state index in [1.165, 1.54) is 36.7 Å². The summed E-state index contributed by atoms with van der Waals surface area (Å²) in [6, 6.07) is 12.9. The highest BCUT2D eigenvalue weighted by Crippen LogP contribution is 2.35. The summed E-state index contributed by atoms with van der Waals surface area (Å²) >= 11 is 0. The predicted octanol–water partition coefficient (Wildman–Crippen LogP) is 3.56. The van der Waals surface area contributed by atoms with E-state index >= 15 is 0 Å². The van der Waals surface area contributed by atoms with Gasteiger partial charge in [-0.1, -0.05) is 32.0 Å². The topological polar surface area (TPSA) is 140 Å². The third-order valence-electron chi connectivity index (χ3n) is 4.71. The van der Waals surface area contributed by atoms with E-state index in [1.807, 2.05) is 13.8 Å². The molecule has 0 unspecified atom stereocenters. The van der Waals surface area contributed by atoms with Crippen molar-refractivity contribution in [2.45, 2.75) is 32.6 Å². The van der Waals surface area contributed by atoms with E-state index in [0.29, 0.717) is 5.69 Å². The maximum Gasteiger partial charge on any atom is 0.356 e. The number of sulfonamides is 1. The molecule has 0 aliphatic rings. The first kappa shape index (κ1) is 24.9. The summed E-state index contributed by atoms with van der Waals surface area (Å²) in [6.07, 6.45) is 0. The Hall–Kier alpha value is -3.70. The minimum Gasteiger partial charge on any atom is -0.476 e. The van der Waals surface area contributed by atoms with E-state index < -0.39 is 16.0 Å². The standard InChI is InChI=1S/C23H26N4O6S/c1-14(2)13-24-34(31,32)20-12-17(25-16(4)28)10-11-19(20)33-22-15(3)21(23(29)30)26-27(22)18-8-6-5-7-9-18/h5-12,14,24H,13H2,1-4H3,(H,25,28)(H,29,30). The Morgan fingerprint density at radius 2 is 1.82 bits per heavy atom. The largest absolute Gasteiger partial charge is 0.476 e. The molecule has 3 aromatic rings. The SMILES string of the molecule is CC(=O)Nc1ccc(Oc2c(C)c(C(=O)O)nn2-c2ccccc2)c(S(=O)(=O)NCC(C)C)c1. The smallest absolute Gasteiger partial charge is 0.356 e. The highest BCUT2D eigenvalue weighted by molar-refractivity contribution is 7.89. The minimum atomic E-state index is -4.04. The van der Waals surface area contributed by atoms with E-state index in [2.05, 4.69) is 15.1 Å². The summed E-state index contributed by atoms with van der Waals surface area (Å²) in [7, 11) is -4.04. The monoisotopic (exact) mass is 486 g/mol. The van der Waals surface area contributed by atoms with Crippen LogP contribution in [0, 0.1) is 12.8 Å². The number of aromatic nitrogens is 2. The summed E-state index contributed by atoms with van der Waals surface area (Å²) in [5.41, 5.74) is 0.798. The molecule has 0 saturated heterocycles. The number of hydrogen-bond donors (Lipinski definition) is 3. The molecule has 34 heavy (non-hydrogen) atoms. The molecule has 3 N–H and O–H groups in total. The zero-order valence-electron chi connectivity index (χ0n) is 19.2. The Morgan fingerprint density at radius 1 is 1.15 bits per heavy atom. The fraction of sp³-hybridized carbons (Fsp3) is 0.261. The number of aromatic carboxylic acids is 1. The molecule has 0 bridgehead atoms. The van der Waals surface area contributed by atoms with E-state index in [9.17, 15) is 23.1 Å². The molecule has 0 spiro atoms. The van der Waals surface area contributed by atoms with Gasteiger partial charge >= 0.3 is 5.97 Å². The van der Waals surface area contributed by atoms with Gasteiger partial charge in [0.2, 0.25) is 21.8 Å². The van der Waals surface area contributed by atoms with Crippen molar-refractivity contribution in [3.63, 3.8) is 0 Å². The molecular formula is C23H26N4O6S. The number of ether oxygens (including phenoxy) is 1. The lowest BCUT2D eigenvalue weighted by molar-refractivity contribution is -0.114. The molecule has 1 heterocycles. The van der Waals surface area contributed by atoms with E-state index in [-0.39, 0.29) is 51.8 Å². The van der Waals surface area contributed by atoms with Crippen LogP contribution in [0.5, 0.6) is 11.6 Å². The fourth-order valence-corrected chi connectivity index (χ4v) is 4.45. The zero-order chi connectivity index (χ0) is 25.0. The van der Waals surface area contributed by atoms with Crippen LogP contribution in [0.2, 0.25) is 0 Å². The fourth-order valence-electron chi connectivity index (χ4n) is 3.09. The Balaban J connectivity index is 2.15. The number of benzene rings is 2. The molecule has 0 fully saturated rings. The molecule has 3 rings (SSSR count). The van der Waals surface area contributed by atoms with Crippen LogP contribution in [0.3, 0.4) is 0 Å². The molecule has 0 radical (unpaired) electrons. The predicted molar refractivity (Wildman–Crippen MR) is 126 cm³/mol. The van der Waals surface area contributed by atoms with Crippen molar-refractivity contribution in [1.82, 2.24) is 14.5 Å². The van der Waals surface area contributed by atoms with Gasteiger partial charge in [0.15, 0.2) is 5.69 Å². The number of carbonyl (C=O) groups is 2. The van der Waals surface area contributed by atoms with Crippen molar-refractivity contribution in [2.75, 3.05) is 11.9 Å². The molecule has 0 aliphatic heterocycles. The molecule has 11 heteroatoms. The molecule has 1 aromatic heterocycles. The van der Waals surface area contributed by atoms with Crippen LogP contribution < -0.4 is 14.8 Å². The van der Waals surface area contributed by atoms with Crippen molar-refractivity contribution >= 4 is 27.6 Å². The number of para-hydroxylation sites is 1. The van der Waals surface area contributed by atoms with Gasteiger partial charge in [0.05, 0.1) is 5.69 Å². The lowest BCUT2D eigenvalue weighted by Gasteiger charge is -2.16. The number of hydrogen-bond acceptors (Lipinski definition) is 6. The van der Waals surface area contributed by atoms with Crippen LogP contribution in [0.15, 0.2) is 53.4 Å². The van der Waals surface area contributed by atoms with Gasteiger partial charge in [-0.15, -0.1) is 0 Å². The Morgan fingerprint density at radius 3 is 2.41 bits per heavy atom. The van der Waals surface area contributed by atoms with Crippen LogP contribution in [-0.2, 0) is 14.8 Å². The summed E-state index contributed by atoms with van der Waals surface area (Å²) < 4.78 is 36.1. The summed E-state index contributed by atoms with van der Waals surface area (Å²) in [5.74, 6) is -1.56. The minimum absolute atomic E-state index is 0.0520. The summed E-state index contributed by atoms with van der Waals surface area (Å²) in [4.78, 5) is 23.0. The second-order valence-corrected chi connectivity index (χ2v) is 9.76. The molecule has 0 saturated carbocycles.